The molecule has 3 heterocycles. The zero-order chi connectivity index (χ0) is 15.5. The molecule has 0 spiro atoms. The number of fused-ring (bicyclic) bond motifs is 1. The van der Waals surface area contributed by atoms with Gasteiger partial charge in [0.2, 0.25) is 5.28 Å². The Morgan fingerprint density at radius 2 is 2.17 bits per heavy atom. The molecule has 0 saturated heterocycles. The van der Waals surface area contributed by atoms with Gasteiger partial charge in [-0.3, -0.25) is 0 Å². The van der Waals surface area contributed by atoms with Gasteiger partial charge in [-0.1, -0.05) is 6.92 Å². The van der Waals surface area contributed by atoms with E-state index in [2.05, 4.69) is 22.2 Å². The minimum atomic E-state index is 0. The van der Waals surface area contributed by atoms with Crippen LogP contribution in [0.4, 0.5) is 5.82 Å². The maximum absolute atomic E-state index is 6.03. The van der Waals surface area contributed by atoms with Crippen LogP contribution in [0, 0.1) is 0 Å². The molecule has 0 bridgehead atoms. The van der Waals surface area contributed by atoms with Crippen molar-refractivity contribution in [1.82, 2.24) is 9.97 Å². The van der Waals surface area contributed by atoms with E-state index in [1.54, 1.807) is 17.6 Å². The predicted molar refractivity (Wildman–Crippen MR) is 105 cm³/mol. The molecule has 3 aromatic rings. The van der Waals surface area contributed by atoms with Gasteiger partial charge in [0, 0.05) is 10.9 Å². The van der Waals surface area contributed by atoms with Crippen molar-refractivity contribution in [3.63, 3.8) is 0 Å². The lowest BCUT2D eigenvalue weighted by molar-refractivity contribution is 0.518. The number of anilines is 1. The third kappa shape index (κ3) is 4.97. The molecule has 0 aliphatic carbocycles. The van der Waals surface area contributed by atoms with Gasteiger partial charge < -0.3 is 15.5 Å². The van der Waals surface area contributed by atoms with Crippen LogP contribution in [0.5, 0.6) is 0 Å². The highest BCUT2D eigenvalue weighted by Crippen LogP contribution is 2.31. The number of nitrogens with two attached hydrogens (primary N) is 1. The lowest BCUT2D eigenvalue weighted by Crippen LogP contribution is -2.20. The van der Waals surface area contributed by atoms with E-state index in [0.717, 1.165) is 34.6 Å². The number of hydrogen-bond acceptors (Lipinski definition) is 6. The fourth-order valence-corrected chi connectivity index (χ4v) is 3.49. The highest BCUT2D eigenvalue weighted by Gasteiger charge is 2.13. The summed E-state index contributed by atoms with van der Waals surface area (Å²) >= 11 is 7.68. The van der Waals surface area contributed by atoms with Crippen LogP contribution in [0.2, 0.25) is 5.28 Å². The average molecular weight is 410 g/mol. The lowest BCUT2D eigenvalue weighted by Gasteiger charge is -2.05. The summed E-state index contributed by atoms with van der Waals surface area (Å²) in [6.45, 7) is 2.64. The summed E-state index contributed by atoms with van der Waals surface area (Å²) in [6, 6.07) is 5.97. The van der Waals surface area contributed by atoms with E-state index < -0.39 is 0 Å². The van der Waals surface area contributed by atoms with Gasteiger partial charge in [0.1, 0.15) is 11.6 Å². The van der Waals surface area contributed by atoms with Gasteiger partial charge in [-0.15, -0.1) is 36.2 Å². The third-order valence-electron chi connectivity index (χ3n) is 3.39. The molecule has 132 valence electrons. The van der Waals surface area contributed by atoms with E-state index in [9.17, 15) is 0 Å². The topological polar surface area (TPSA) is 77.0 Å². The van der Waals surface area contributed by atoms with Crippen molar-refractivity contribution in [2.24, 2.45) is 5.73 Å². The second-order valence-electron chi connectivity index (χ2n) is 5.07. The maximum Gasteiger partial charge on any atom is 0.224 e. The summed E-state index contributed by atoms with van der Waals surface area (Å²) in [5, 5.41) is 3.50. The van der Waals surface area contributed by atoms with Crippen LogP contribution in [0.15, 0.2) is 28.9 Å². The molecule has 24 heavy (non-hydrogen) atoms. The van der Waals surface area contributed by atoms with Crippen LogP contribution < -0.4 is 11.1 Å². The molecule has 3 aromatic heterocycles. The zero-order valence-corrected chi connectivity index (χ0v) is 16.2. The smallest absolute Gasteiger partial charge is 0.224 e. The molecular weight excluding hydrogens is 391 g/mol. The summed E-state index contributed by atoms with van der Waals surface area (Å²) in [5.74, 6) is 1.57. The molecule has 0 amide bonds. The van der Waals surface area contributed by atoms with Crippen molar-refractivity contribution in [3.8, 4) is 0 Å². The van der Waals surface area contributed by atoms with Crippen molar-refractivity contribution in [1.29, 1.82) is 0 Å². The summed E-state index contributed by atoms with van der Waals surface area (Å²) in [6.07, 6.45) is 3.44. The molecule has 0 aliphatic heterocycles. The first-order valence-electron chi connectivity index (χ1n) is 7.13. The van der Waals surface area contributed by atoms with Crippen LogP contribution in [0.1, 0.15) is 24.0 Å². The van der Waals surface area contributed by atoms with Gasteiger partial charge >= 0.3 is 0 Å². The Kier molecular flexibility index (Phi) is 8.26. The van der Waals surface area contributed by atoms with Crippen LogP contribution in [-0.2, 0) is 13.0 Å². The Labute approximate surface area is 161 Å². The Morgan fingerprint density at radius 1 is 1.38 bits per heavy atom. The van der Waals surface area contributed by atoms with Crippen molar-refractivity contribution in [2.45, 2.75) is 32.4 Å². The van der Waals surface area contributed by atoms with E-state index >= 15 is 0 Å². The number of nitrogens with one attached hydrogen (secondary N) is 1. The van der Waals surface area contributed by atoms with Crippen LogP contribution >= 0.6 is 47.8 Å². The number of aromatic nitrogens is 2. The zero-order valence-electron chi connectivity index (χ0n) is 13.0. The Balaban J connectivity index is 0.00000144. The average Bonchev–Trinajstić information content (AvgIpc) is 3.13. The van der Waals surface area contributed by atoms with Gasteiger partial charge in [-0.25, -0.2) is 4.98 Å². The van der Waals surface area contributed by atoms with E-state index in [1.807, 2.05) is 18.2 Å². The largest absolute Gasteiger partial charge is 0.467 e. The highest BCUT2D eigenvalue weighted by molar-refractivity contribution is 7.19. The van der Waals surface area contributed by atoms with Gasteiger partial charge in [-0.05, 0) is 42.6 Å². The Bertz CT molecular complexity index is 764. The number of halogens is 3. The number of nitrogens with zero attached hydrogens (tertiary/aromatic N) is 2. The predicted octanol–water partition coefficient (Wildman–Crippen LogP) is 4.67. The summed E-state index contributed by atoms with van der Waals surface area (Å²) < 4.78 is 6.31. The van der Waals surface area contributed by atoms with Gasteiger partial charge in [-0.2, -0.15) is 4.98 Å². The van der Waals surface area contributed by atoms with Crippen molar-refractivity contribution in [2.75, 3.05) is 5.32 Å². The number of furan rings is 1. The van der Waals surface area contributed by atoms with Gasteiger partial charge in [0.15, 0.2) is 0 Å². The summed E-state index contributed by atoms with van der Waals surface area (Å²) in [4.78, 5) is 9.79. The Hall–Kier alpha value is -1.05. The minimum Gasteiger partial charge on any atom is -0.467 e. The van der Waals surface area contributed by atoms with Gasteiger partial charge in [0.05, 0.1) is 23.0 Å². The molecule has 9 heteroatoms. The molecule has 0 fully saturated rings. The second kappa shape index (κ2) is 9.44. The Morgan fingerprint density at radius 3 is 2.83 bits per heavy atom. The minimum absolute atomic E-state index is 0. The van der Waals surface area contributed by atoms with Crippen molar-refractivity contribution >= 4 is 63.8 Å². The maximum atomic E-state index is 6.03. The van der Waals surface area contributed by atoms with Crippen molar-refractivity contribution in [3.05, 3.63) is 40.4 Å². The van der Waals surface area contributed by atoms with E-state index in [4.69, 9.17) is 21.8 Å². The molecule has 0 unspecified atom stereocenters. The van der Waals surface area contributed by atoms with Gasteiger partial charge in [0.25, 0.3) is 0 Å². The molecule has 0 aromatic carbocycles. The fourth-order valence-electron chi connectivity index (χ4n) is 2.16. The second-order valence-corrected chi connectivity index (χ2v) is 6.55. The SMILES string of the molecule is CC[C@H](N)Cc1cc2nc(Cl)nc(NCc3ccco3)c2s1.Cl.Cl. The fraction of sp³-hybridized carbons (Fsp3) is 0.333. The highest BCUT2D eigenvalue weighted by atomic mass is 35.5. The lowest BCUT2D eigenvalue weighted by atomic mass is 10.1. The first-order valence-corrected chi connectivity index (χ1v) is 8.33. The first kappa shape index (κ1) is 21.0. The molecule has 3 N–H and O–H groups in total. The first-order chi connectivity index (χ1) is 10.7. The molecule has 0 saturated carbocycles. The number of rotatable bonds is 6. The molecule has 0 aliphatic rings. The van der Waals surface area contributed by atoms with Crippen LogP contribution in [0.25, 0.3) is 10.2 Å². The van der Waals surface area contributed by atoms with E-state index in [-0.39, 0.29) is 36.1 Å². The van der Waals surface area contributed by atoms with E-state index in [0.29, 0.717) is 6.54 Å². The monoisotopic (exact) mass is 408 g/mol. The normalized spacial score (nSPS) is 11.6. The van der Waals surface area contributed by atoms with Crippen LogP contribution in [0.3, 0.4) is 0 Å². The standard InChI is InChI=1S/C15H17ClN4OS.2ClH/c1-2-9(17)6-11-7-12-13(22-11)14(20-15(16)19-12)18-8-10-4-3-5-21-10;;/h3-5,7,9H,2,6,8,17H2,1H3,(H,18,19,20);2*1H/t9-;;/m0../s1. The molecule has 5 nitrogen and oxygen atoms in total. The quantitative estimate of drug-likeness (QED) is 0.578. The summed E-state index contributed by atoms with van der Waals surface area (Å²) in [5.41, 5.74) is 6.89. The molecule has 1 atom stereocenters. The van der Waals surface area contributed by atoms with Crippen molar-refractivity contribution < 1.29 is 4.42 Å². The molecule has 0 radical (unpaired) electrons. The van der Waals surface area contributed by atoms with E-state index in [1.165, 1.54) is 4.88 Å². The third-order valence-corrected chi connectivity index (χ3v) is 4.72. The number of thiophene rings is 1. The number of hydrogen-bond donors (Lipinski definition) is 2. The molecule has 3 rings (SSSR count). The molecular formula is C15H19Cl3N4OS. The summed E-state index contributed by atoms with van der Waals surface area (Å²) in [7, 11) is 0. The van der Waals surface area contributed by atoms with Crippen LogP contribution in [-0.4, -0.2) is 16.0 Å².